The lowest BCUT2D eigenvalue weighted by atomic mass is 9.82. The third-order valence-corrected chi connectivity index (χ3v) is 5.01. The fourth-order valence-electron chi connectivity index (χ4n) is 3.27. The molecule has 2 aliphatic rings. The molecule has 1 atom stereocenters. The number of Topliss-reactive ketones (excluding diaryl/α,β-unsaturated/α-hetero) is 1. The number of benzene rings is 1. The summed E-state index contributed by atoms with van der Waals surface area (Å²) >= 11 is 3.32. The van der Waals surface area contributed by atoms with E-state index in [1.807, 2.05) is 11.8 Å². The molecular weight excluding hydrogens is 362 g/mol. The van der Waals surface area contributed by atoms with Crippen LogP contribution < -0.4 is 9.47 Å². The summed E-state index contributed by atoms with van der Waals surface area (Å²) in [6.45, 7) is 3.07. The van der Waals surface area contributed by atoms with Gasteiger partial charge in [-0.1, -0.05) is 15.9 Å². The predicted octanol–water partition coefficient (Wildman–Crippen LogP) is 2.81. The number of ether oxygens (including phenoxy) is 2. The smallest absolute Gasteiger partial charge is 0.236 e. The van der Waals surface area contributed by atoms with Gasteiger partial charge < -0.3 is 14.4 Å². The summed E-state index contributed by atoms with van der Waals surface area (Å²) < 4.78 is 11.4. The molecule has 0 aliphatic carbocycles. The Balaban J connectivity index is 1.76. The second-order valence-corrected chi connectivity index (χ2v) is 7.56. The lowest BCUT2D eigenvalue weighted by Gasteiger charge is -2.44. The molecule has 2 aliphatic heterocycles. The number of hydrogen-bond acceptors (Lipinski definition) is 4. The van der Waals surface area contributed by atoms with Gasteiger partial charge in [0.05, 0.1) is 23.9 Å². The molecule has 1 fully saturated rings. The third-order valence-electron chi connectivity index (χ3n) is 4.62. The highest BCUT2D eigenvalue weighted by molar-refractivity contribution is 9.10. The van der Waals surface area contributed by atoms with Crippen molar-refractivity contribution in [1.29, 1.82) is 0 Å². The van der Waals surface area contributed by atoms with Crippen molar-refractivity contribution in [1.82, 2.24) is 4.90 Å². The SMILES string of the molecule is COc1ccc2c(c1)C(=O)CC1(CCN(C(=O)C(C)Br)CC1)O2. The number of ketones is 1. The van der Waals surface area contributed by atoms with E-state index in [0.29, 0.717) is 49.4 Å². The van der Waals surface area contributed by atoms with E-state index in [1.54, 1.807) is 25.3 Å². The second-order valence-electron chi connectivity index (χ2n) is 6.19. The van der Waals surface area contributed by atoms with E-state index in [-0.39, 0.29) is 16.5 Å². The van der Waals surface area contributed by atoms with Gasteiger partial charge in [0, 0.05) is 25.9 Å². The average Bonchev–Trinajstić information content (AvgIpc) is 2.54. The summed E-state index contributed by atoms with van der Waals surface area (Å²) in [7, 11) is 1.58. The lowest BCUT2D eigenvalue weighted by Crippen LogP contribution is -2.53. The number of rotatable bonds is 2. The molecule has 0 bridgehead atoms. The lowest BCUT2D eigenvalue weighted by molar-refractivity contribution is -0.133. The zero-order chi connectivity index (χ0) is 16.6. The topological polar surface area (TPSA) is 55.8 Å². The molecule has 0 aromatic heterocycles. The van der Waals surface area contributed by atoms with Crippen LogP contribution in [0, 0.1) is 0 Å². The molecule has 2 heterocycles. The summed E-state index contributed by atoms with van der Waals surface area (Å²) in [5.74, 6) is 1.45. The molecule has 1 aromatic carbocycles. The minimum atomic E-state index is -0.481. The van der Waals surface area contributed by atoms with E-state index in [9.17, 15) is 9.59 Å². The molecule has 1 amide bonds. The van der Waals surface area contributed by atoms with Crippen LogP contribution in [-0.2, 0) is 4.79 Å². The highest BCUT2D eigenvalue weighted by Gasteiger charge is 2.44. The van der Waals surface area contributed by atoms with Crippen molar-refractivity contribution >= 4 is 27.6 Å². The summed E-state index contributed by atoms with van der Waals surface area (Å²) in [6.07, 6.45) is 1.71. The summed E-state index contributed by atoms with van der Waals surface area (Å²) in [5, 5.41) is 0. The van der Waals surface area contributed by atoms with Gasteiger partial charge in [0.15, 0.2) is 5.78 Å². The van der Waals surface area contributed by atoms with E-state index in [2.05, 4.69) is 15.9 Å². The van der Waals surface area contributed by atoms with E-state index >= 15 is 0 Å². The molecule has 1 aromatic rings. The quantitative estimate of drug-likeness (QED) is 0.739. The summed E-state index contributed by atoms with van der Waals surface area (Å²) in [6, 6.07) is 5.33. The number of methoxy groups -OCH3 is 1. The van der Waals surface area contributed by atoms with Crippen LogP contribution in [0.25, 0.3) is 0 Å². The molecule has 0 radical (unpaired) electrons. The van der Waals surface area contributed by atoms with Gasteiger partial charge in [-0.2, -0.15) is 0 Å². The van der Waals surface area contributed by atoms with Crippen LogP contribution in [0.3, 0.4) is 0 Å². The van der Waals surface area contributed by atoms with Crippen molar-refractivity contribution in [3.05, 3.63) is 23.8 Å². The van der Waals surface area contributed by atoms with Crippen molar-refractivity contribution in [2.45, 2.75) is 36.6 Å². The van der Waals surface area contributed by atoms with Gasteiger partial charge in [-0.3, -0.25) is 9.59 Å². The molecule has 1 unspecified atom stereocenters. The Morgan fingerprint density at radius 3 is 2.70 bits per heavy atom. The first-order valence-electron chi connectivity index (χ1n) is 7.77. The van der Waals surface area contributed by atoms with Gasteiger partial charge in [-0.25, -0.2) is 0 Å². The van der Waals surface area contributed by atoms with Crippen molar-refractivity contribution < 1.29 is 19.1 Å². The standard InChI is InChI=1S/C17H20BrNO4/c1-11(18)16(21)19-7-5-17(6-8-19)10-14(20)13-9-12(22-2)3-4-15(13)23-17/h3-4,9,11H,5-8,10H2,1-2H3. The van der Waals surface area contributed by atoms with E-state index in [4.69, 9.17) is 9.47 Å². The summed E-state index contributed by atoms with van der Waals surface area (Å²) in [5.41, 5.74) is 0.105. The molecular formula is C17H20BrNO4. The minimum Gasteiger partial charge on any atom is -0.497 e. The maximum Gasteiger partial charge on any atom is 0.236 e. The Bertz CT molecular complexity index is 635. The van der Waals surface area contributed by atoms with Crippen molar-refractivity contribution in [3.63, 3.8) is 0 Å². The molecule has 1 spiro atoms. The van der Waals surface area contributed by atoms with Crippen LogP contribution in [-0.4, -0.2) is 47.2 Å². The molecule has 5 nitrogen and oxygen atoms in total. The largest absolute Gasteiger partial charge is 0.497 e. The van der Waals surface area contributed by atoms with E-state index in [0.717, 1.165) is 0 Å². The first-order valence-corrected chi connectivity index (χ1v) is 8.69. The molecule has 124 valence electrons. The van der Waals surface area contributed by atoms with E-state index < -0.39 is 5.60 Å². The molecule has 1 saturated heterocycles. The average molecular weight is 382 g/mol. The number of nitrogens with zero attached hydrogens (tertiary/aromatic N) is 1. The number of carbonyl (C=O) groups excluding carboxylic acids is 2. The number of alkyl halides is 1. The van der Waals surface area contributed by atoms with Crippen LogP contribution in [0.1, 0.15) is 36.5 Å². The van der Waals surface area contributed by atoms with Gasteiger partial charge in [0.1, 0.15) is 17.1 Å². The molecule has 0 N–H and O–H groups in total. The van der Waals surface area contributed by atoms with Gasteiger partial charge in [-0.05, 0) is 25.1 Å². The van der Waals surface area contributed by atoms with Gasteiger partial charge >= 0.3 is 0 Å². The van der Waals surface area contributed by atoms with E-state index in [1.165, 1.54) is 0 Å². The maximum atomic E-state index is 12.5. The Kier molecular flexibility index (Phi) is 4.36. The van der Waals surface area contributed by atoms with Crippen molar-refractivity contribution in [3.8, 4) is 11.5 Å². The Labute approximate surface area is 144 Å². The maximum absolute atomic E-state index is 12.5. The van der Waals surface area contributed by atoms with Crippen LogP contribution >= 0.6 is 15.9 Å². The first kappa shape index (κ1) is 16.3. The number of carbonyl (C=O) groups is 2. The first-order chi connectivity index (χ1) is 10.9. The zero-order valence-electron chi connectivity index (χ0n) is 13.3. The van der Waals surface area contributed by atoms with Crippen molar-refractivity contribution in [2.24, 2.45) is 0 Å². The highest BCUT2D eigenvalue weighted by Crippen LogP contribution is 2.40. The number of amides is 1. The number of hydrogen-bond donors (Lipinski definition) is 0. The minimum absolute atomic E-state index is 0.0822. The highest BCUT2D eigenvalue weighted by atomic mass is 79.9. The Hall–Kier alpha value is -1.56. The zero-order valence-corrected chi connectivity index (χ0v) is 14.9. The fraction of sp³-hybridized carbons (Fsp3) is 0.529. The molecule has 6 heteroatoms. The Morgan fingerprint density at radius 1 is 1.39 bits per heavy atom. The predicted molar refractivity (Wildman–Crippen MR) is 89.5 cm³/mol. The van der Waals surface area contributed by atoms with Gasteiger partial charge in [0.25, 0.3) is 0 Å². The van der Waals surface area contributed by atoms with Gasteiger partial charge in [0.2, 0.25) is 5.91 Å². The van der Waals surface area contributed by atoms with Crippen LogP contribution in [0.15, 0.2) is 18.2 Å². The number of piperidine rings is 1. The normalized spacial score (nSPS) is 20.7. The third kappa shape index (κ3) is 3.09. The molecule has 0 saturated carbocycles. The van der Waals surface area contributed by atoms with Gasteiger partial charge in [-0.15, -0.1) is 0 Å². The second kappa shape index (κ2) is 6.15. The number of halogens is 1. The fourth-order valence-corrected chi connectivity index (χ4v) is 3.55. The van der Waals surface area contributed by atoms with Crippen LogP contribution in [0.5, 0.6) is 11.5 Å². The van der Waals surface area contributed by atoms with Crippen LogP contribution in [0.2, 0.25) is 0 Å². The van der Waals surface area contributed by atoms with Crippen molar-refractivity contribution in [2.75, 3.05) is 20.2 Å². The van der Waals surface area contributed by atoms with Crippen LogP contribution in [0.4, 0.5) is 0 Å². The Morgan fingerprint density at radius 2 is 2.09 bits per heavy atom. The number of likely N-dealkylation sites (tertiary alicyclic amines) is 1. The molecule has 23 heavy (non-hydrogen) atoms. The molecule has 3 rings (SSSR count). The monoisotopic (exact) mass is 381 g/mol. The number of fused-ring (bicyclic) bond motifs is 1. The summed E-state index contributed by atoms with van der Waals surface area (Å²) in [4.78, 5) is 26.2.